The molecule has 214 valence electrons. The Hall–Kier alpha value is -3.35. The molecule has 9 nitrogen and oxygen atoms in total. The lowest BCUT2D eigenvalue weighted by molar-refractivity contribution is -0.345. The molecular formula is C28H33F3N6O3. The van der Waals surface area contributed by atoms with Crippen LogP contribution in [0.25, 0.3) is 33.2 Å². The molecule has 1 fully saturated rings. The fourth-order valence-electron chi connectivity index (χ4n) is 5.25. The maximum Gasteiger partial charge on any atom is 0.522 e. The molecule has 1 aromatic carbocycles. The lowest BCUT2D eigenvalue weighted by atomic mass is 10.0. The van der Waals surface area contributed by atoms with E-state index in [4.69, 9.17) is 4.74 Å². The van der Waals surface area contributed by atoms with Crippen molar-refractivity contribution in [1.29, 1.82) is 0 Å². The van der Waals surface area contributed by atoms with Gasteiger partial charge in [-0.25, -0.2) is 4.79 Å². The van der Waals surface area contributed by atoms with Crippen LogP contribution in [-0.2, 0) is 16.5 Å². The van der Waals surface area contributed by atoms with E-state index in [9.17, 15) is 18.0 Å². The summed E-state index contributed by atoms with van der Waals surface area (Å²) < 4.78 is 50.6. The van der Waals surface area contributed by atoms with Crippen molar-refractivity contribution >= 4 is 22.1 Å². The molecule has 0 radical (unpaired) electrons. The van der Waals surface area contributed by atoms with Crippen LogP contribution in [0, 0.1) is 0 Å². The van der Waals surface area contributed by atoms with Gasteiger partial charge in [0, 0.05) is 49.9 Å². The minimum absolute atomic E-state index is 0.0371. The van der Waals surface area contributed by atoms with Crippen LogP contribution in [0.2, 0.25) is 0 Å². The predicted molar refractivity (Wildman–Crippen MR) is 145 cm³/mol. The second-order valence-electron chi connectivity index (χ2n) is 10.5. The summed E-state index contributed by atoms with van der Waals surface area (Å²) in [4.78, 5) is 19.6. The van der Waals surface area contributed by atoms with Crippen LogP contribution in [0.1, 0.15) is 51.5 Å². The number of halogens is 3. The molecule has 0 spiro atoms. The molecule has 0 unspecified atom stereocenters. The van der Waals surface area contributed by atoms with Crippen LogP contribution in [-0.4, -0.2) is 67.9 Å². The summed E-state index contributed by atoms with van der Waals surface area (Å²) in [6, 6.07) is 9.76. The number of benzene rings is 1. The zero-order chi connectivity index (χ0) is 28.6. The van der Waals surface area contributed by atoms with E-state index in [2.05, 4.69) is 24.8 Å². The maximum atomic E-state index is 12.8. The Bertz CT molecular complexity index is 1540. The van der Waals surface area contributed by atoms with Gasteiger partial charge in [-0.05, 0) is 57.4 Å². The summed E-state index contributed by atoms with van der Waals surface area (Å²) in [5.74, 6) is 0. The monoisotopic (exact) mass is 558 g/mol. The molecule has 0 bridgehead atoms. The van der Waals surface area contributed by atoms with Gasteiger partial charge in [-0.3, -0.25) is 18.9 Å². The number of likely N-dealkylation sites (tertiary alicyclic amines) is 1. The Balaban J connectivity index is 1.24. The quantitative estimate of drug-likeness (QED) is 0.301. The lowest BCUT2D eigenvalue weighted by Crippen LogP contribution is -2.40. The normalized spacial score (nSPS) is 16.4. The standard InChI is InChI=1S/C28H33F3N6O3/c1-17(2)37-25-22-15-19(5-8-24(22)33-34-26(25)35(4)27(37)38)20-6-7-23(32-16-20)18(3)39-14-13-36-11-9-21(10-12-36)40-28(29,30)31/h5-8,15-18,21H,9-14H2,1-4H3/t18-/m1/s1. The first kappa shape index (κ1) is 28.2. The topological polar surface area (TPSA) is 87.3 Å². The van der Waals surface area contributed by atoms with Crippen molar-refractivity contribution in [2.45, 2.75) is 58.2 Å². The lowest BCUT2D eigenvalue weighted by Gasteiger charge is -2.32. The van der Waals surface area contributed by atoms with Crippen LogP contribution < -0.4 is 5.69 Å². The number of fused-ring (bicyclic) bond motifs is 3. The Morgan fingerprint density at radius 2 is 1.77 bits per heavy atom. The van der Waals surface area contributed by atoms with Crippen molar-refractivity contribution in [3.63, 3.8) is 0 Å². The van der Waals surface area contributed by atoms with Gasteiger partial charge in [-0.2, -0.15) is 0 Å². The van der Waals surface area contributed by atoms with Gasteiger partial charge in [-0.15, -0.1) is 23.4 Å². The van der Waals surface area contributed by atoms with Gasteiger partial charge in [0.1, 0.15) is 5.52 Å². The summed E-state index contributed by atoms with van der Waals surface area (Å²) in [7, 11) is 1.70. The molecular weight excluding hydrogens is 525 g/mol. The molecule has 12 heteroatoms. The summed E-state index contributed by atoms with van der Waals surface area (Å²) in [6.07, 6.45) is -3.09. The van der Waals surface area contributed by atoms with E-state index in [1.807, 2.05) is 51.1 Å². The molecule has 5 rings (SSSR count). The van der Waals surface area contributed by atoms with E-state index in [-0.39, 0.29) is 17.8 Å². The second-order valence-corrected chi connectivity index (χ2v) is 10.5. The van der Waals surface area contributed by atoms with E-state index in [0.29, 0.717) is 50.2 Å². The van der Waals surface area contributed by atoms with E-state index < -0.39 is 12.5 Å². The van der Waals surface area contributed by atoms with Crippen LogP contribution in [0.4, 0.5) is 13.2 Å². The third kappa shape index (κ3) is 5.89. The molecule has 0 aliphatic carbocycles. The van der Waals surface area contributed by atoms with Crippen molar-refractivity contribution in [3.8, 4) is 11.1 Å². The number of aromatic nitrogens is 5. The molecule has 1 aliphatic heterocycles. The van der Waals surface area contributed by atoms with Gasteiger partial charge in [0.25, 0.3) is 0 Å². The van der Waals surface area contributed by atoms with Crippen molar-refractivity contribution in [1.82, 2.24) is 29.2 Å². The Morgan fingerprint density at radius 3 is 2.42 bits per heavy atom. The van der Waals surface area contributed by atoms with Gasteiger partial charge >= 0.3 is 12.1 Å². The van der Waals surface area contributed by atoms with Crippen LogP contribution in [0.5, 0.6) is 0 Å². The maximum absolute atomic E-state index is 12.8. The SMILES string of the molecule is CC(C)n1c(=O)n(C)c2nnc3ccc(-c4ccc([C@@H](C)OCCN5CCC(OC(F)(F)F)CC5)nc4)cc3c21. The van der Waals surface area contributed by atoms with E-state index in [0.717, 1.165) is 27.7 Å². The van der Waals surface area contributed by atoms with Crippen molar-refractivity contribution in [2.24, 2.45) is 7.05 Å². The van der Waals surface area contributed by atoms with Crippen molar-refractivity contribution in [3.05, 3.63) is 52.7 Å². The van der Waals surface area contributed by atoms with Crippen LogP contribution >= 0.6 is 0 Å². The number of piperidine rings is 1. The van der Waals surface area contributed by atoms with Gasteiger partial charge in [0.2, 0.25) is 0 Å². The third-order valence-corrected chi connectivity index (χ3v) is 7.43. The first-order valence-electron chi connectivity index (χ1n) is 13.4. The number of imidazole rings is 1. The Kier molecular flexibility index (Phi) is 7.94. The predicted octanol–water partition coefficient (Wildman–Crippen LogP) is 5.00. The number of hydrogen-bond acceptors (Lipinski definition) is 7. The number of nitrogens with zero attached hydrogens (tertiary/aromatic N) is 6. The number of alkyl halides is 3. The highest BCUT2D eigenvalue weighted by molar-refractivity contribution is 6.02. The third-order valence-electron chi connectivity index (χ3n) is 7.43. The molecule has 40 heavy (non-hydrogen) atoms. The second kappa shape index (κ2) is 11.3. The van der Waals surface area contributed by atoms with Gasteiger partial charge in [0.15, 0.2) is 5.65 Å². The molecule has 4 aromatic rings. The van der Waals surface area contributed by atoms with E-state index >= 15 is 0 Å². The fraction of sp³-hybridized carbons (Fsp3) is 0.500. The van der Waals surface area contributed by atoms with Gasteiger partial charge < -0.3 is 9.64 Å². The van der Waals surface area contributed by atoms with Crippen molar-refractivity contribution in [2.75, 3.05) is 26.2 Å². The average molecular weight is 559 g/mol. The van der Waals surface area contributed by atoms with Crippen LogP contribution in [0.3, 0.4) is 0 Å². The van der Waals surface area contributed by atoms with Gasteiger partial charge in [0.05, 0.1) is 30.0 Å². The zero-order valence-corrected chi connectivity index (χ0v) is 23.0. The highest BCUT2D eigenvalue weighted by atomic mass is 19.4. The Labute approximate surface area is 229 Å². The van der Waals surface area contributed by atoms with Crippen LogP contribution in [0.15, 0.2) is 41.3 Å². The molecule has 1 saturated heterocycles. The highest BCUT2D eigenvalue weighted by Crippen LogP contribution is 2.29. The minimum Gasteiger partial charge on any atom is -0.371 e. The molecule has 1 aliphatic rings. The molecule has 4 heterocycles. The van der Waals surface area contributed by atoms with Gasteiger partial charge in [-0.1, -0.05) is 12.1 Å². The molecule has 0 N–H and O–H groups in total. The average Bonchev–Trinajstić information content (AvgIpc) is 3.18. The summed E-state index contributed by atoms with van der Waals surface area (Å²) in [5.41, 5.74) is 4.53. The number of pyridine rings is 1. The summed E-state index contributed by atoms with van der Waals surface area (Å²) in [5, 5.41) is 9.47. The summed E-state index contributed by atoms with van der Waals surface area (Å²) >= 11 is 0. The molecule has 1 atom stereocenters. The smallest absolute Gasteiger partial charge is 0.371 e. The largest absolute Gasteiger partial charge is 0.522 e. The van der Waals surface area contributed by atoms with Crippen molar-refractivity contribution < 1.29 is 22.6 Å². The molecule has 0 amide bonds. The molecule has 3 aromatic heterocycles. The highest BCUT2D eigenvalue weighted by Gasteiger charge is 2.35. The minimum atomic E-state index is -4.58. The fourth-order valence-corrected chi connectivity index (χ4v) is 5.25. The summed E-state index contributed by atoms with van der Waals surface area (Å²) in [6.45, 7) is 8.05. The zero-order valence-electron chi connectivity index (χ0n) is 23.0. The first-order chi connectivity index (χ1) is 19.0. The number of aryl methyl sites for hydroxylation is 1. The molecule has 0 saturated carbocycles. The first-order valence-corrected chi connectivity index (χ1v) is 13.4. The Morgan fingerprint density at radius 1 is 1.05 bits per heavy atom. The van der Waals surface area contributed by atoms with E-state index in [1.54, 1.807) is 17.8 Å². The van der Waals surface area contributed by atoms with E-state index in [1.165, 1.54) is 4.57 Å². The number of rotatable bonds is 8. The number of hydrogen-bond donors (Lipinski definition) is 0. The number of ether oxygens (including phenoxy) is 2.